The molecule has 0 spiro atoms. The largest absolute Gasteiger partial charge is 0.376 e. The molecule has 1 atom stereocenters. The fourth-order valence-corrected chi connectivity index (χ4v) is 2.12. The molecule has 0 bridgehead atoms. The molecule has 0 amide bonds. The van der Waals surface area contributed by atoms with Crippen molar-refractivity contribution in [3.63, 3.8) is 0 Å². The van der Waals surface area contributed by atoms with Crippen LogP contribution >= 0.6 is 0 Å². The van der Waals surface area contributed by atoms with Crippen LogP contribution in [0.25, 0.3) is 0 Å². The van der Waals surface area contributed by atoms with Gasteiger partial charge in [0, 0.05) is 12.6 Å². The minimum Gasteiger partial charge on any atom is -0.376 e. The van der Waals surface area contributed by atoms with Crippen LogP contribution in [-0.4, -0.2) is 18.2 Å². The lowest BCUT2D eigenvalue weighted by Gasteiger charge is -2.19. The summed E-state index contributed by atoms with van der Waals surface area (Å²) in [4.78, 5) is 0. The molecule has 1 aliphatic carbocycles. The SMILES string of the molecule is CC1=CC(CCCCCCOC(C)(C)C)=CC1N. The van der Waals surface area contributed by atoms with E-state index in [1.54, 1.807) is 0 Å². The molecule has 1 rings (SSSR count). The van der Waals surface area contributed by atoms with Gasteiger partial charge in [-0.1, -0.05) is 36.1 Å². The molecule has 18 heavy (non-hydrogen) atoms. The van der Waals surface area contributed by atoms with E-state index in [1.807, 2.05) is 0 Å². The second-order valence-corrected chi connectivity index (χ2v) is 6.28. The van der Waals surface area contributed by atoms with Crippen molar-refractivity contribution in [2.45, 2.75) is 71.4 Å². The smallest absolute Gasteiger partial charge is 0.0598 e. The van der Waals surface area contributed by atoms with Crippen LogP contribution in [-0.2, 0) is 4.74 Å². The molecule has 2 nitrogen and oxygen atoms in total. The highest BCUT2D eigenvalue weighted by Gasteiger charge is 2.11. The Hall–Kier alpha value is -0.600. The first-order valence-corrected chi connectivity index (χ1v) is 7.17. The lowest BCUT2D eigenvalue weighted by atomic mass is 10.1. The minimum atomic E-state index is 0.00706. The lowest BCUT2D eigenvalue weighted by molar-refractivity contribution is -0.00473. The highest BCUT2D eigenvalue weighted by Crippen LogP contribution is 2.21. The van der Waals surface area contributed by atoms with Crippen LogP contribution in [0, 0.1) is 0 Å². The zero-order valence-electron chi connectivity index (χ0n) is 12.5. The molecule has 1 unspecified atom stereocenters. The first-order valence-electron chi connectivity index (χ1n) is 7.17. The summed E-state index contributed by atoms with van der Waals surface area (Å²) >= 11 is 0. The van der Waals surface area contributed by atoms with Crippen LogP contribution in [0.5, 0.6) is 0 Å². The fraction of sp³-hybridized carbons (Fsp3) is 0.750. The molecule has 0 heterocycles. The first kappa shape index (κ1) is 15.5. The minimum absolute atomic E-state index is 0.00706. The van der Waals surface area contributed by atoms with Crippen LogP contribution in [0.3, 0.4) is 0 Å². The molecule has 1 aliphatic rings. The summed E-state index contributed by atoms with van der Waals surface area (Å²) in [7, 11) is 0. The number of unbranched alkanes of at least 4 members (excludes halogenated alkanes) is 3. The van der Waals surface area contributed by atoms with Crippen molar-refractivity contribution in [2.75, 3.05) is 6.61 Å². The summed E-state index contributed by atoms with van der Waals surface area (Å²) in [5, 5.41) is 0. The Morgan fingerprint density at radius 3 is 2.39 bits per heavy atom. The van der Waals surface area contributed by atoms with Crippen molar-refractivity contribution >= 4 is 0 Å². The van der Waals surface area contributed by atoms with E-state index in [9.17, 15) is 0 Å². The van der Waals surface area contributed by atoms with E-state index in [4.69, 9.17) is 10.5 Å². The molecule has 0 aromatic carbocycles. The molecule has 2 heteroatoms. The van der Waals surface area contributed by atoms with Gasteiger partial charge in [-0.25, -0.2) is 0 Å². The third-order valence-corrected chi connectivity index (χ3v) is 3.23. The Kier molecular flexibility index (Phi) is 6.10. The van der Waals surface area contributed by atoms with E-state index in [-0.39, 0.29) is 11.6 Å². The van der Waals surface area contributed by atoms with Gasteiger partial charge in [0.1, 0.15) is 0 Å². The van der Waals surface area contributed by atoms with Crippen molar-refractivity contribution < 1.29 is 4.74 Å². The summed E-state index contributed by atoms with van der Waals surface area (Å²) in [6, 6.07) is 0.167. The van der Waals surface area contributed by atoms with Gasteiger partial charge in [0.25, 0.3) is 0 Å². The number of ether oxygens (including phenoxy) is 1. The summed E-state index contributed by atoms with van der Waals surface area (Å²) in [5.41, 5.74) is 8.64. The third-order valence-electron chi connectivity index (χ3n) is 3.23. The van der Waals surface area contributed by atoms with E-state index in [1.165, 1.54) is 43.3 Å². The quantitative estimate of drug-likeness (QED) is 0.695. The molecular formula is C16H29NO. The number of rotatable bonds is 7. The van der Waals surface area contributed by atoms with Crippen LogP contribution < -0.4 is 5.73 Å². The first-order chi connectivity index (χ1) is 8.38. The maximum Gasteiger partial charge on any atom is 0.0598 e. The number of nitrogens with two attached hydrogens (primary N) is 1. The Morgan fingerprint density at radius 2 is 1.83 bits per heavy atom. The lowest BCUT2D eigenvalue weighted by Crippen LogP contribution is -2.19. The summed E-state index contributed by atoms with van der Waals surface area (Å²) < 4.78 is 5.70. The number of allylic oxidation sites excluding steroid dienone is 2. The zero-order valence-corrected chi connectivity index (χ0v) is 12.5. The van der Waals surface area contributed by atoms with E-state index in [2.05, 4.69) is 39.8 Å². The van der Waals surface area contributed by atoms with Crippen molar-refractivity contribution in [2.24, 2.45) is 5.73 Å². The average molecular weight is 251 g/mol. The monoisotopic (exact) mass is 251 g/mol. The van der Waals surface area contributed by atoms with Crippen LogP contribution in [0.15, 0.2) is 23.3 Å². The Bertz CT molecular complexity index is 310. The Labute approximate surface area is 112 Å². The second-order valence-electron chi connectivity index (χ2n) is 6.28. The maximum absolute atomic E-state index is 5.92. The molecule has 104 valence electrons. The molecule has 0 radical (unpaired) electrons. The van der Waals surface area contributed by atoms with Crippen LogP contribution in [0.1, 0.15) is 59.8 Å². The highest BCUT2D eigenvalue weighted by atomic mass is 16.5. The van der Waals surface area contributed by atoms with Gasteiger partial charge >= 0.3 is 0 Å². The maximum atomic E-state index is 5.92. The van der Waals surface area contributed by atoms with E-state index < -0.39 is 0 Å². The average Bonchev–Trinajstić information content (AvgIpc) is 2.55. The molecule has 2 N–H and O–H groups in total. The van der Waals surface area contributed by atoms with Gasteiger partial charge in [-0.2, -0.15) is 0 Å². The molecule has 0 aliphatic heterocycles. The van der Waals surface area contributed by atoms with Gasteiger partial charge < -0.3 is 10.5 Å². The number of hydrogen-bond donors (Lipinski definition) is 1. The number of hydrogen-bond acceptors (Lipinski definition) is 2. The third kappa shape index (κ3) is 6.36. The highest BCUT2D eigenvalue weighted by molar-refractivity contribution is 5.36. The Balaban J connectivity index is 1.99. The summed E-state index contributed by atoms with van der Waals surface area (Å²) in [5.74, 6) is 0. The van der Waals surface area contributed by atoms with Crippen molar-refractivity contribution in [3.05, 3.63) is 23.3 Å². The Morgan fingerprint density at radius 1 is 1.17 bits per heavy atom. The van der Waals surface area contributed by atoms with Crippen LogP contribution in [0.2, 0.25) is 0 Å². The van der Waals surface area contributed by atoms with Crippen molar-refractivity contribution in [3.8, 4) is 0 Å². The predicted octanol–water partition coefficient (Wildman–Crippen LogP) is 3.97. The van der Waals surface area contributed by atoms with Gasteiger partial charge in [0.05, 0.1) is 5.60 Å². The molecule has 0 aromatic heterocycles. The van der Waals surface area contributed by atoms with Gasteiger partial charge in [0.15, 0.2) is 0 Å². The van der Waals surface area contributed by atoms with Gasteiger partial charge in [-0.05, 0) is 47.0 Å². The zero-order chi connectivity index (χ0) is 13.6. The van der Waals surface area contributed by atoms with Gasteiger partial charge in [-0.3, -0.25) is 0 Å². The normalized spacial score (nSPS) is 19.9. The van der Waals surface area contributed by atoms with E-state index in [0.717, 1.165) is 6.61 Å². The van der Waals surface area contributed by atoms with Crippen molar-refractivity contribution in [1.29, 1.82) is 0 Å². The van der Waals surface area contributed by atoms with Crippen molar-refractivity contribution in [1.82, 2.24) is 0 Å². The van der Waals surface area contributed by atoms with E-state index >= 15 is 0 Å². The summed E-state index contributed by atoms with van der Waals surface area (Å²) in [6.07, 6.45) is 10.6. The molecular weight excluding hydrogens is 222 g/mol. The standard InChI is InChI=1S/C16H29NO/c1-13-11-14(12-15(13)17)9-7-5-6-8-10-18-16(2,3)4/h11-12,15H,5-10,17H2,1-4H3. The molecule has 0 fully saturated rings. The molecule has 0 saturated heterocycles. The summed E-state index contributed by atoms with van der Waals surface area (Å²) in [6.45, 7) is 9.32. The topological polar surface area (TPSA) is 35.2 Å². The van der Waals surface area contributed by atoms with Gasteiger partial charge in [-0.15, -0.1) is 0 Å². The predicted molar refractivity (Wildman–Crippen MR) is 78.6 cm³/mol. The molecule has 0 saturated carbocycles. The molecule has 0 aromatic rings. The van der Waals surface area contributed by atoms with Crippen LogP contribution in [0.4, 0.5) is 0 Å². The van der Waals surface area contributed by atoms with Gasteiger partial charge in [0.2, 0.25) is 0 Å². The second kappa shape index (κ2) is 7.10. The fourth-order valence-electron chi connectivity index (χ4n) is 2.12. The van der Waals surface area contributed by atoms with E-state index in [0.29, 0.717) is 0 Å².